The van der Waals surface area contributed by atoms with Gasteiger partial charge in [0.1, 0.15) is 17.7 Å². The van der Waals surface area contributed by atoms with Crippen molar-refractivity contribution in [1.82, 2.24) is 0 Å². The zero-order chi connectivity index (χ0) is 20.9. The molecule has 1 aliphatic rings. The predicted octanol–water partition coefficient (Wildman–Crippen LogP) is 5.60. The van der Waals surface area contributed by atoms with E-state index < -0.39 is 6.10 Å². The number of hydrogen-bond donors (Lipinski definition) is 1. The van der Waals surface area contributed by atoms with E-state index in [9.17, 15) is 13.9 Å². The van der Waals surface area contributed by atoms with Crippen molar-refractivity contribution >= 4 is 11.4 Å². The number of hydrogen-bond acceptors (Lipinski definition) is 3. The van der Waals surface area contributed by atoms with Crippen LogP contribution >= 0.6 is 0 Å². The van der Waals surface area contributed by atoms with Crippen molar-refractivity contribution in [1.29, 1.82) is 0 Å². The van der Waals surface area contributed by atoms with Crippen LogP contribution in [0, 0.1) is 11.6 Å². The number of nitrogens with zero attached hydrogens (tertiary/aromatic N) is 1. The van der Waals surface area contributed by atoms with Gasteiger partial charge in [-0.3, -0.25) is 0 Å². The number of aliphatic hydroxyl groups is 1. The van der Waals surface area contributed by atoms with E-state index >= 15 is 0 Å². The summed E-state index contributed by atoms with van der Waals surface area (Å²) in [6.07, 6.45) is 1.36. The van der Waals surface area contributed by atoms with Gasteiger partial charge in [0.2, 0.25) is 0 Å². The quantitative estimate of drug-likeness (QED) is 0.575. The van der Waals surface area contributed by atoms with Crippen molar-refractivity contribution in [3.63, 3.8) is 0 Å². The molecule has 0 aromatic heterocycles. The second-order valence-electron chi connectivity index (χ2n) is 7.65. The molecule has 3 nitrogen and oxygen atoms in total. The van der Waals surface area contributed by atoms with Crippen molar-refractivity contribution in [2.75, 3.05) is 4.90 Å². The Kier molecular flexibility index (Phi) is 6.41. The van der Waals surface area contributed by atoms with Crippen molar-refractivity contribution in [3.8, 4) is 0 Å². The molecular formula is C25H25F2NO2. The smallest absolute Gasteiger partial charge is 0.123 e. The van der Waals surface area contributed by atoms with E-state index in [-0.39, 0.29) is 23.8 Å². The number of halogens is 2. The van der Waals surface area contributed by atoms with Crippen LogP contribution < -0.4 is 4.90 Å². The summed E-state index contributed by atoms with van der Waals surface area (Å²) in [5.74, 6) is -0.655. The summed E-state index contributed by atoms with van der Waals surface area (Å²) < 4.78 is 33.1. The number of ether oxygens (including phenoxy) is 1. The SMILES string of the molecule is O[C@H]1[C@@H](OCc2ccccc2)CCC[C@@H]1N(c1ccc(F)cc1)c1ccc(F)cc1. The molecular weight excluding hydrogens is 384 g/mol. The minimum Gasteiger partial charge on any atom is -0.388 e. The van der Waals surface area contributed by atoms with Crippen LogP contribution in [0.1, 0.15) is 24.8 Å². The average molecular weight is 409 g/mol. The molecule has 1 N–H and O–H groups in total. The van der Waals surface area contributed by atoms with Gasteiger partial charge >= 0.3 is 0 Å². The molecule has 0 radical (unpaired) electrons. The standard InChI is InChI=1S/C25H25F2NO2/c26-19-9-13-21(14-10-19)28(22-15-11-20(27)12-16-22)23-7-4-8-24(25(23)29)30-17-18-5-2-1-3-6-18/h1-3,5-6,9-16,23-25,29H,4,7-8,17H2/t23-,24-,25+/m0/s1. The molecule has 0 aliphatic heterocycles. The first-order valence-corrected chi connectivity index (χ1v) is 10.3. The molecule has 0 spiro atoms. The molecule has 0 amide bonds. The maximum Gasteiger partial charge on any atom is 0.123 e. The molecule has 0 bridgehead atoms. The van der Waals surface area contributed by atoms with Crippen LogP contribution in [0.4, 0.5) is 20.2 Å². The fourth-order valence-electron chi connectivity index (χ4n) is 4.09. The van der Waals surface area contributed by atoms with Crippen molar-refractivity contribution in [2.24, 2.45) is 0 Å². The Hall–Kier alpha value is -2.76. The third-order valence-electron chi connectivity index (χ3n) is 5.61. The van der Waals surface area contributed by atoms with E-state index in [1.165, 1.54) is 24.3 Å². The number of rotatable bonds is 6. The van der Waals surface area contributed by atoms with E-state index in [0.29, 0.717) is 6.61 Å². The lowest BCUT2D eigenvalue weighted by Crippen LogP contribution is -2.50. The Labute approximate surface area is 175 Å². The molecule has 3 aromatic rings. The van der Waals surface area contributed by atoms with E-state index in [4.69, 9.17) is 4.74 Å². The highest BCUT2D eigenvalue weighted by Gasteiger charge is 2.37. The van der Waals surface area contributed by atoms with Gasteiger partial charge in [0.15, 0.2) is 0 Å². The minimum atomic E-state index is -0.738. The van der Waals surface area contributed by atoms with E-state index in [1.54, 1.807) is 24.3 Å². The Morgan fingerprint density at radius 1 is 0.800 bits per heavy atom. The Bertz CT molecular complexity index is 886. The summed E-state index contributed by atoms with van der Waals surface area (Å²) in [6.45, 7) is 0.433. The first-order valence-electron chi connectivity index (χ1n) is 10.3. The Balaban J connectivity index is 1.58. The fraction of sp³-hybridized carbons (Fsp3) is 0.280. The van der Waals surface area contributed by atoms with Crippen molar-refractivity contribution in [3.05, 3.63) is 96.1 Å². The summed E-state index contributed by atoms with van der Waals surface area (Å²) in [7, 11) is 0. The van der Waals surface area contributed by atoms with E-state index in [2.05, 4.69) is 0 Å². The summed E-state index contributed by atoms with van der Waals surface area (Å²) in [5.41, 5.74) is 2.55. The number of anilines is 2. The molecule has 0 heterocycles. The normalized spacial score (nSPS) is 21.4. The van der Waals surface area contributed by atoms with Gasteiger partial charge in [0.05, 0.1) is 18.8 Å². The van der Waals surface area contributed by atoms with Crippen LogP contribution in [0.15, 0.2) is 78.9 Å². The lowest BCUT2D eigenvalue weighted by atomic mass is 9.88. The minimum absolute atomic E-state index is 0.268. The molecule has 30 heavy (non-hydrogen) atoms. The van der Waals surface area contributed by atoms with Gasteiger partial charge < -0.3 is 14.7 Å². The van der Waals surface area contributed by atoms with Gasteiger partial charge in [-0.25, -0.2) is 8.78 Å². The van der Waals surface area contributed by atoms with E-state index in [0.717, 1.165) is 36.2 Å². The van der Waals surface area contributed by atoms with Crippen LogP contribution in [0.3, 0.4) is 0 Å². The first-order chi connectivity index (χ1) is 14.6. The van der Waals surface area contributed by atoms with Crippen LogP contribution in [0.25, 0.3) is 0 Å². The monoisotopic (exact) mass is 409 g/mol. The van der Waals surface area contributed by atoms with Gasteiger partial charge in [0, 0.05) is 11.4 Å². The highest BCUT2D eigenvalue weighted by atomic mass is 19.1. The van der Waals surface area contributed by atoms with Crippen LogP contribution in [0.2, 0.25) is 0 Å². The maximum absolute atomic E-state index is 13.5. The van der Waals surface area contributed by atoms with Gasteiger partial charge in [0.25, 0.3) is 0 Å². The highest BCUT2D eigenvalue weighted by molar-refractivity contribution is 5.64. The molecule has 0 unspecified atom stereocenters. The Morgan fingerprint density at radius 2 is 1.37 bits per heavy atom. The van der Waals surface area contributed by atoms with Crippen LogP contribution in [-0.4, -0.2) is 23.4 Å². The maximum atomic E-state index is 13.5. The zero-order valence-corrected chi connectivity index (χ0v) is 16.6. The van der Waals surface area contributed by atoms with Crippen molar-refractivity contribution in [2.45, 2.75) is 44.1 Å². The zero-order valence-electron chi connectivity index (χ0n) is 16.6. The lowest BCUT2D eigenvalue weighted by molar-refractivity contribution is -0.0739. The molecule has 3 aromatic carbocycles. The molecule has 0 saturated heterocycles. The largest absolute Gasteiger partial charge is 0.388 e. The molecule has 156 valence electrons. The summed E-state index contributed by atoms with van der Waals surface area (Å²) in [5, 5.41) is 11.2. The van der Waals surface area contributed by atoms with Gasteiger partial charge in [-0.05, 0) is 73.4 Å². The fourth-order valence-corrected chi connectivity index (χ4v) is 4.09. The predicted molar refractivity (Wildman–Crippen MR) is 114 cm³/mol. The van der Waals surface area contributed by atoms with Gasteiger partial charge in [-0.1, -0.05) is 30.3 Å². The third kappa shape index (κ3) is 4.69. The summed E-state index contributed by atoms with van der Waals surface area (Å²) in [4.78, 5) is 1.96. The number of benzene rings is 3. The second-order valence-corrected chi connectivity index (χ2v) is 7.65. The summed E-state index contributed by atoms with van der Waals surface area (Å²) >= 11 is 0. The van der Waals surface area contributed by atoms with Crippen molar-refractivity contribution < 1.29 is 18.6 Å². The molecule has 1 aliphatic carbocycles. The third-order valence-corrected chi connectivity index (χ3v) is 5.61. The second kappa shape index (κ2) is 9.37. The van der Waals surface area contributed by atoms with Gasteiger partial charge in [-0.2, -0.15) is 0 Å². The topological polar surface area (TPSA) is 32.7 Å². The first kappa shape index (κ1) is 20.5. The molecule has 1 fully saturated rings. The molecule has 5 heteroatoms. The van der Waals surface area contributed by atoms with Crippen LogP contribution in [0.5, 0.6) is 0 Å². The summed E-state index contributed by atoms with van der Waals surface area (Å²) in [6, 6.07) is 21.9. The van der Waals surface area contributed by atoms with E-state index in [1.807, 2.05) is 35.2 Å². The van der Waals surface area contributed by atoms with Crippen LogP contribution in [-0.2, 0) is 11.3 Å². The molecule has 3 atom stereocenters. The lowest BCUT2D eigenvalue weighted by Gasteiger charge is -2.42. The highest BCUT2D eigenvalue weighted by Crippen LogP contribution is 2.35. The van der Waals surface area contributed by atoms with Gasteiger partial charge in [-0.15, -0.1) is 0 Å². The molecule has 4 rings (SSSR count). The Morgan fingerprint density at radius 3 is 1.93 bits per heavy atom. The number of aliphatic hydroxyl groups excluding tert-OH is 1. The molecule has 1 saturated carbocycles. The average Bonchev–Trinajstić information content (AvgIpc) is 2.77.